The molecule has 0 saturated heterocycles. The van der Waals surface area contributed by atoms with Gasteiger partial charge in [0.05, 0.1) is 6.61 Å². The molecule has 0 spiro atoms. The van der Waals surface area contributed by atoms with E-state index in [0.717, 1.165) is 19.3 Å². The molecule has 0 atom stereocenters. The van der Waals surface area contributed by atoms with Crippen molar-refractivity contribution in [3.05, 3.63) is 0 Å². The summed E-state index contributed by atoms with van der Waals surface area (Å²) in [5.74, 6) is 0. The van der Waals surface area contributed by atoms with Crippen LogP contribution in [0.25, 0.3) is 0 Å². The first-order valence-corrected chi connectivity index (χ1v) is 8.29. The van der Waals surface area contributed by atoms with Crippen LogP contribution < -0.4 is 0 Å². The normalized spacial score (nSPS) is 10.7. The van der Waals surface area contributed by atoms with Gasteiger partial charge in [-0.05, 0) is 6.42 Å². The summed E-state index contributed by atoms with van der Waals surface area (Å²) in [5.41, 5.74) is 0. The molecule has 2 N–H and O–H groups in total. The zero-order valence-corrected chi connectivity index (χ0v) is 17.8. The minimum atomic E-state index is -4.24. The summed E-state index contributed by atoms with van der Waals surface area (Å²) >= 11 is 0. The number of phosphoric acid groups is 1. The second kappa shape index (κ2) is 18.2. The van der Waals surface area contributed by atoms with Gasteiger partial charge in [0.25, 0.3) is 0 Å². The first-order valence-electron chi connectivity index (χ1n) is 6.76. The maximum Gasteiger partial charge on any atom is 0.469 e. The second-order valence-electron chi connectivity index (χ2n) is 4.51. The van der Waals surface area contributed by atoms with Crippen molar-refractivity contribution in [1.29, 1.82) is 0 Å². The maximum absolute atomic E-state index is 10.4. The molecule has 7 heteroatoms. The van der Waals surface area contributed by atoms with E-state index in [0.29, 0.717) is 0 Å². The number of hydrogen-bond donors (Lipinski definition) is 2. The third-order valence-electron chi connectivity index (χ3n) is 2.76. The van der Waals surface area contributed by atoms with Gasteiger partial charge in [-0.2, -0.15) is 0 Å². The summed E-state index contributed by atoms with van der Waals surface area (Å²) < 4.78 is 14.7. The van der Waals surface area contributed by atoms with Gasteiger partial charge >= 0.3 is 7.82 Å². The first-order chi connectivity index (χ1) is 8.06. The fraction of sp³-hybridized carbons (Fsp3) is 1.00. The van der Waals surface area contributed by atoms with Crippen LogP contribution in [0.1, 0.15) is 71.1 Å². The Morgan fingerprint density at radius 1 is 0.789 bits per heavy atom. The van der Waals surface area contributed by atoms with E-state index in [2.05, 4.69) is 11.4 Å². The van der Waals surface area contributed by atoms with Crippen LogP contribution in [-0.4, -0.2) is 75.5 Å². The van der Waals surface area contributed by atoms with Gasteiger partial charge in [0, 0.05) is 59.1 Å². The SMILES string of the molecule is CCCCCCCCCCCCOP(=O)(O)O.[Na].[Na]. The van der Waals surface area contributed by atoms with E-state index in [-0.39, 0.29) is 65.7 Å². The predicted molar refractivity (Wildman–Crippen MR) is 81.3 cm³/mol. The molecule has 0 heterocycles. The predicted octanol–water partition coefficient (Wildman–Crippen LogP) is 3.26. The van der Waals surface area contributed by atoms with E-state index < -0.39 is 7.82 Å². The first kappa shape index (κ1) is 26.0. The van der Waals surface area contributed by atoms with E-state index in [1.54, 1.807) is 0 Å². The Balaban J connectivity index is -0.00000128. The van der Waals surface area contributed by atoms with Crippen LogP contribution in [0.3, 0.4) is 0 Å². The molecule has 0 aromatic carbocycles. The molecule has 0 aliphatic rings. The van der Waals surface area contributed by atoms with Gasteiger partial charge in [0.15, 0.2) is 0 Å². The molecular weight excluding hydrogens is 285 g/mol. The summed E-state index contributed by atoms with van der Waals surface area (Å²) in [6.45, 7) is 2.39. The van der Waals surface area contributed by atoms with Crippen molar-refractivity contribution in [1.82, 2.24) is 0 Å². The van der Waals surface area contributed by atoms with Crippen molar-refractivity contribution in [3.8, 4) is 0 Å². The van der Waals surface area contributed by atoms with E-state index in [1.807, 2.05) is 0 Å². The molecule has 0 amide bonds. The van der Waals surface area contributed by atoms with Crippen LogP contribution >= 0.6 is 7.82 Å². The average Bonchev–Trinajstić information content (AvgIpc) is 2.24. The van der Waals surface area contributed by atoms with Gasteiger partial charge < -0.3 is 9.79 Å². The smallest absolute Gasteiger partial charge is 0.303 e. The van der Waals surface area contributed by atoms with Crippen molar-refractivity contribution in [2.24, 2.45) is 0 Å². The molecule has 106 valence electrons. The van der Waals surface area contributed by atoms with Crippen LogP contribution in [0.4, 0.5) is 0 Å². The van der Waals surface area contributed by atoms with Gasteiger partial charge in [0.1, 0.15) is 0 Å². The van der Waals surface area contributed by atoms with Crippen molar-refractivity contribution in [2.75, 3.05) is 6.61 Å². The number of phosphoric ester groups is 1. The standard InChI is InChI=1S/C12H27O4P.2Na/c1-2-3-4-5-6-7-8-9-10-11-12-16-17(13,14)15;;/h2-12H2,1H3,(H2,13,14,15);;. The van der Waals surface area contributed by atoms with Crippen molar-refractivity contribution < 1.29 is 18.9 Å². The number of rotatable bonds is 12. The van der Waals surface area contributed by atoms with E-state index in [1.165, 1.54) is 44.9 Å². The van der Waals surface area contributed by atoms with Gasteiger partial charge in [-0.1, -0.05) is 64.7 Å². The Bertz CT molecular complexity index is 212. The molecule has 0 aliphatic heterocycles. The minimum Gasteiger partial charge on any atom is -0.303 e. The van der Waals surface area contributed by atoms with E-state index in [4.69, 9.17) is 9.79 Å². The van der Waals surface area contributed by atoms with Crippen molar-refractivity contribution >= 4 is 66.9 Å². The zero-order chi connectivity index (χ0) is 13.0. The van der Waals surface area contributed by atoms with E-state index in [9.17, 15) is 4.57 Å². The fourth-order valence-electron chi connectivity index (χ4n) is 1.77. The Morgan fingerprint density at radius 3 is 1.53 bits per heavy atom. The van der Waals surface area contributed by atoms with Crippen molar-refractivity contribution in [3.63, 3.8) is 0 Å². The van der Waals surface area contributed by atoms with Crippen LogP contribution in [0, 0.1) is 0 Å². The molecule has 0 fully saturated rings. The molecule has 2 radical (unpaired) electrons. The largest absolute Gasteiger partial charge is 0.469 e. The molecule has 0 aromatic rings. The second-order valence-corrected chi connectivity index (χ2v) is 5.75. The maximum atomic E-state index is 10.4. The Labute approximate surface area is 162 Å². The van der Waals surface area contributed by atoms with Crippen LogP contribution in [0.15, 0.2) is 0 Å². The summed E-state index contributed by atoms with van der Waals surface area (Å²) in [6.07, 6.45) is 12.0. The Morgan fingerprint density at radius 2 is 1.16 bits per heavy atom. The van der Waals surface area contributed by atoms with Gasteiger partial charge in [-0.25, -0.2) is 4.57 Å². The molecule has 0 bridgehead atoms. The summed E-state index contributed by atoms with van der Waals surface area (Å²) in [4.78, 5) is 16.9. The third-order valence-corrected chi connectivity index (χ3v) is 3.28. The molecule has 0 unspecified atom stereocenters. The van der Waals surface area contributed by atoms with E-state index >= 15 is 0 Å². The zero-order valence-electron chi connectivity index (χ0n) is 12.9. The molecule has 0 rings (SSSR count). The summed E-state index contributed by atoms with van der Waals surface area (Å²) in [6, 6.07) is 0. The Hall–Kier alpha value is 2.11. The van der Waals surface area contributed by atoms with Crippen molar-refractivity contribution in [2.45, 2.75) is 71.1 Å². The van der Waals surface area contributed by atoms with Crippen LogP contribution in [-0.2, 0) is 9.09 Å². The Kier molecular flexibility index (Phi) is 24.9. The van der Waals surface area contributed by atoms with Crippen LogP contribution in [0.2, 0.25) is 0 Å². The molecular formula is C12H27Na2O4P. The molecule has 0 aromatic heterocycles. The van der Waals surface area contributed by atoms with Gasteiger partial charge in [-0.15, -0.1) is 0 Å². The summed E-state index contributed by atoms with van der Waals surface area (Å²) in [7, 11) is -4.24. The molecule has 0 saturated carbocycles. The summed E-state index contributed by atoms with van der Waals surface area (Å²) in [5, 5.41) is 0. The monoisotopic (exact) mass is 312 g/mol. The molecule has 19 heavy (non-hydrogen) atoms. The van der Waals surface area contributed by atoms with Crippen LogP contribution in [0.5, 0.6) is 0 Å². The molecule has 0 aliphatic carbocycles. The topological polar surface area (TPSA) is 66.8 Å². The molecule has 4 nitrogen and oxygen atoms in total. The third kappa shape index (κ3) is 25.4. The number of unbranched alkanes of at least 4 members (excludes halogenated alkanes) is 9. The fourth-order valence-corrected chi connectivity index (χ4v) is 2.14. The average molecular weight is 312 g/mol. The quantitative estimate of drug-likeness (QED) is 0.330. The van der Waals surface area contributed by atoms with Gasteiger partial charge in [-0.3, -0.25) is 4.52 Å². The van der Waals surface area contributed by atoms with Gasteiger partial charge in [0.2, 0.25) is 0 Å². The minimum absolute atomic E-state index is 0. The number of hydrogen-bond acceptors (Lipinski definition) is 2.